The summed E-state index contributed by atoms with van der Waals surface area (Å²) in [6.45, 7) is 4.18. The fourth-order valence-corrected chi connectivity index (χ4v) is 4.33. The Balaban J connectivity index is 1.44. The number of thioether (sulfide) groups is 1. The van der Waals surface area contributed by atoms with E-state index in [1.54, 1.807) is 55.2 Å². The molecule has 0 fully saturated rings. The van der Waals surface area contributed by atoms with Gasteiger partial charge in [0, 0.05) is 24.2 Å². The van der Waals surface area contributed by atoms with E-state index < -0.39 is 0 Å². The molecule has 3 heterocycles. The number of fused-ring (bicyclic) bond motifs is 2. The lowest BCUT2D eigenvalue weighted by Crippen LogP contribution is -2.22. The largest absolute Gasteiger partial charge is 0.497 e. The van der Waals surface area contributed by atoms with Gasteiger partial charge in [0.25, 0.3) is 5.56 Å². The van der Waals surface area contributed by atoms with Crippen molar-refractivity contribution in [2.24, 2.45) is 0 Å². The molecular formula is C23H20N4O6S. The molecule has 174 valence electrons. The summed E-state index contributed by atoms with van der Waals surface area (Å²) in [4.78, 5) is 22.3. The van der Waals surface area contributed by atoms with Crippen LogP contribution in [-0.4, -0.2) is 40.7 Å². The van der Waals surface area contributed by atoms with Gasteiger partial charge in [-0.05, 0) is 18.2 Å². The average Bonchev–Trinajstić information content (AvgIpc) is 3.52. The minimum atomic E-state index is -0.194. The first-order chi connectivity index (χ1) is 16.6. The van der Waals surface area contributed by atoms with Crippen molar-refractivity contribution in [1.82, 2.24) is 19.7 Å². The third-order valence-electron chi connectivity index (χ3n) is 5.13. The molecule has 0 spiro atoms. The molecule has 0 amide bonds. The van der Waals surface area contributed by atoms with Gasteiger partial charge in [0.1, 0.15) is 11.5 Å². The van der Waals surface area contributed by atoms with E-state index in [-0.39, 0.29) is 12.4 Å². The number of methoxy groups -OCH3 is 2. The van der Waals surface area contributed by atoms with Gasteiger partial charge in [-0.15, -0.1) is 6.58 Å². The van der Waals surface area contributed by atoms with E-state index >= 15 is 0 Å². The summed E-state index contributed by atoms with van der Waals surface area (Å²) in [7, 11) is 3.15. The second kappa shape index (κ2) is 9.10. The number of nitrogens with zero attached hydrogens (tertiary/aromatic N) is 4. The first kappa shape index (κ1) is 21.8. The molecule has 2 aromatic carbocycles. The monoisotopic (exact) mass is 480 g/mol. The number of hydrogen-bond donors (Lipinski definition) is 0. The number of hydrogen-bond acceptors (Lipinski definition) is 10. The van der Waals surface area contributed by atoms with E-state index in [2.05, 4.69) is 21.7 Å². The third-order valence-corrected chi connectivity index (χ3v) is 6.09. The minimum absolute atomic E-state index is 0.118. The van der Waals surface area contributed by atoms with E-state index in [1.165, 1.54) is 11.8 Å². The lowest BCUT2D eigenvalue weighted by Gasteiger charge is -2.11. The molecule has 0 bridgehead atoms. The fraction of sp³-hybridized carbons (Fsp3) is 0.217. The maximum Gasteiger partial charge on any atom is 0.262 e. The van der Waals surface area contributed by atoms with Gasteiger partial charge in [-0.25, -0.2) is 4.98 Å². The second-order valence-corrected chi connectivity index (χ2v) is 8.17. The molecule has 0 N–H and O–H groups in total. The zero-order valence-electron chi connectivity index (χ0n) is 18.4. The van der Waals surface area contributed by atoms with Crippen LogP contribution in [0.4, 0.5) is 0 Å². The normalized spacial score (nSPS) is 12.2. The van der Waals surface area contributed by atoms with Gasteiger partial charge in [0.15, 0.2) is 16.7 Å². The first-order valence-electron chi connectivity index (χ1n) is 10.2. The predicted octanol–water partition coefficient (Wildman–Crippen LogP) is 3.67. The van der Waals surface area contributed by atoms with Crippen LogP contribution >= 0.6 is 11.8 Å². The van der Waals surface area contributed by atoms with Crippen molar-refractivity contribution in [3.63, 3.8) is 0 Å². The Kier molecular flexibility index (Phi) is 5.84. The van der Waals surface area contributed by atoms with Gasteiger partial charge in [-0.1, -0.05) is 23.0 Å². The summed E-state index contributed by atoms with van der Waals surface area (Å²) in [5.41, 5.74) is 1.02. The van der Waals surface area contributed by atoms with Crippen LogP contribution in [0.3, 0.4) is 0 Å². The van der Waals surface area contributed by atoms with Gasteiger partial charge in [-0.2, -0.15) is 4.98 Å². The fourth-order valence-electron chi connectivity index (χ4n) is 3.48. The second-order valence-electron chi connectivity index (χ2n) is 7.22. The predicted molar refractivity (Wildman–Crippen MR) is 125 cm³/mol. The molecule has 0 saturated carbocycles. The Morgan fingerprint density at radius 2 is 1.82 bits per heavy atom. The van der Waals surface area contributed by atoms with Crippen LogP contribution in [-0.2, 0) is 12.3 Å². The number of aromatic nitrogens is 4. The summed E-state index contributed by atoms with van der Waals surface area (Å²) >= 11 is 1.31. The van der Waals surface area contributed by atoms with E-state index in [1.807, 2.05) is 0 Å². The number of ether oxygens (including phenoxy) is 4. The Morgan fingerprint density at radius 1 is 1.09 bits per heavy atom. The van der Waals surface area contributed by atoms with Gasteiger partial charge < -0.3 is 23.5 Å². The minimum Gasteiger partial charge on any atom is -0.497 e. The molecule has 0 radical (unpaired) electrons. The number of allylic oxidation sites excluding steroid dienone is 1. The Labute approximate surface area is 198 Å². The van der Waals surface area contributed by atoms with Gasteiger partial charge in [0.2, 0.25) is 18.5 Å². The standard InChI is InChI=1S/C23H20N4O6S/c1-4-5-27-22(28)16-9-18-19(32-12-31-18)10-17(16)24-23(27)34-11-20-25-21(26-33-20)13-6-14(29-2)8-15(7-13)30-3/h4,6-10H,1,5,11-12H2,2-3H3. The van der Waals surface area contributed by atoms with E-state index in [4.69, 9.17) is 23.5 Å². The van der Waals surface area contributed by atoms with Gasteiger partial charge in [-0.3, -0.25) is 9.36 Å². The molecule has 2 aromatic heterocycles. The van der Waals surface area contributed by atoms with Crippen LogP contribution < -0.4 is 24.5 Å². The van der Waals surface area contributed by atoms with Crippen molar-refractivity contribution >= 4 is 22.7 Å². The molecule has 34 heavy (non-hydrogen) atoms. The molecule has 1 aliphatic heterocycles. The van der Waals surface area contributed by atoms with Gasteiger partial charge >= 0.3 is 0 Å². The molecule has 0 aliphatic carbocycles. The van der Waals surface area contributed by atoms with Crippen molar-refractivity contribution in [3.8, 4) is 34.4 Å². The van der Waals surface area contributed by atoms with Crippen LogP contribution in [0, 0.1) is 0 Å². The molecule has 5 rings (SSSR count). The summed E-state index contributed by atoms with van der Waals surface area (Å²) in [6.07, 6.45) is 1.65. The summed E-state index contributed by atoms with van der Waals surface area (Å²) in [6, 6.07) is 8.72. The highest BCUT2D eigenvalue weighted by molar-refractivity contribution is 7.98. The van der Waals surface area contributed by atoms with Crippen LogP contribution in [0.1, 0.15) is 5.89 Å². The summed E-state index contributed by atoms with van der Waals surface area (Å²) in [5, 5.41) is 5.01. The zero-order chi connectivity index (χ0) is 23.7. The molecule has 0 saturated heterocycles. The molecule has 0 atom stereocenters. The van der Waals surface area contributed by atoms with E-state index in [0.29, 0.717) is 68.6 Å². The molecule has 10 nitrogen and oxygen atoms in total. The average molecular weight is 481 g/mol. The lowest BCUT2D eigenvalue weighted by atomic mass is 10.2. The van der Waals surface area contributed by atoms with E-state index in [9.17, 15) is 4.79 Å². The molecule has 0 unspecified atom stereocenters. The summed E-state index contributed by atoms with van der Waals surface area (Å²) in [5.74, 6) is 3.42. The highest BCUT2D eigenvalue weighted by Gasteiger charge is 2.20. The SMILES string of the molecule is C=CCn1c(SCc2nc(-c3cc(OC)cc(OC)c3)no2)nc2cc3c(cc2c1=O)OCO3. The molecular weight excluding hydrogens is 460 g/mol. The van der Waals surface area contributed by atoms with Crippen molar-refractivity contribution in [3.05, 3.63) is 59.2 Å². The maximum absolute atomic E-state index is 13.2. The summed E-state index contributed by atoms with van der Waals surface area (Å²) < 4.78 is 28.4. The molecule has 1 aliphatic rings. The topological polar surface area (TPSA) is 111 Å². The van der Waals surface area contributed by atoms with Crippen molar-refractivity contribution < 1.29 is 23.5 Å². The smallest absolute Gasteiger partial charge is 0.262 e. The third kappa shape index (κ3) is 4.05. The van der Waals surface area contributed by atoms with Crippen molar-refractivity contribution in [1.29, 1.82) is 0 Å². The van der Waals surface area contributed by atoms with Crippen molar-refractivity contribution in [2.45, 2.75) is 17.5 Å². The van der Waals surface area contributed by atoms with Crippen LogP contribution in [0.25, 0.3) is 22.3 Å². The quantitative estimate of drug-likeness (QED) is 0.210. The first-order valence-corrected chi connectivity index (χ1v) is 11.2. The van der Waals surface area contributed by atoms with Crippen molar-refractivity contribution in [2.75, 3.05) is 21.0 Å². The van der Waals surface area contributed by atoms with E-state index in [0.717, 1.165) is 0 Å². The van der Waals surface area contributed by atoms with Crippen LogP contribution in [0.5, 0.6) is 23.0 Å². The zero-order valence-corrected chi connectivity index (χ0v) is 19.3. The maximum atomic E-state index is 13.2. The molecule has 11 heteroatoms. The Morgan fingerprint density at radius 3 is 2.53 bits per heavy atom. The van der Waals surface area contributed by atoms with Gasteiger partial charge in [0.05, 0.1) is 30.9 Å². The Bertz CT molecular complexity index is 1430. The molecule has 4 aromatic rings. The lowest BCUT2D eigenvalue weighted by molar-refractivity contribution is 0.174. The highest BCUT2D eigenvalue weighted by Crippen LogP contribution is 2.35. The van der Waals surface area contributed by atoms with Crippen LogP contribution in [0.2, 0.25) is 0 Å². The number of rotatable bonds is 8. The Hall–Kier alpha value is -3.99. The van der Waals surface area contributed by atoms with Crippen LogP contribution in [0.15, 0.2) is 57.5 Å². The highest BCUT2D eigenvalue weighted by atomic mass is 32.2. The number of benzene rings is 2.